The molecule has 110 valence electrons. The van der Waals surface area contributed by atoms with Crippen molar-refractivity contribution in [3.63, 3.8) is 0 Å². The van der Waals surface area contributed by atoms with E-state index in [1.54, 1.807) is 18.3 Å². The summed E-state index contributed by atoms with van der Waals surface area (Å²) in [5.74, 6) is 1.75. The van der Waals surface area contributed by atoms with Crippen LogP contribution >= 0.6 is 0 Å². The first-order valence-electron chi connectivity index (χ1n) is 7.31. The Morgan fingerprint density at radius 1 is 1.19 bits per heavy atom. The predicted molar refractivity (Wildman–Crippen MR) is 81.7 cm³/mol. The van der Waals surface area contributed by atoms with E-state index in [4.69, 9.17) is 4.42 Å². The summed E-state index contributed by atoms with van der Waals surface area (Å²) in [5.41, 5.74) is 0.676. The maximum absolute atomic E-state index is 12.0. The molecule has 5 heteroatoms. The van der Waals surface area contributed by atoms with Crippen LogP contribution in [0.4, 0.5) is 11.5 Å². The van der Waals surface area contributed by atoms with E-state index in [9.17, 15) is 4.79 Å². The third-order valence-electron chi connectivity index (χ3n) is 3.65. The minimum absolute atomic E-state index is 0.254. The van der Waals surface area contributed by atoms with Crippen molar-refractivity contribution in [1.82, 2.24) is 4.98 Å². The van der Waals surface area contributed by atoms with Gasteiger partial charge >= 0.3 is 0 Å². The summed E-state index contributed by atoms with van der Waals surface area (Å²) in [5, 5.41) is 2.79. The fourth-order valence-electron chi connectivity index (χ4n) is 2.52. The number of hydrogen-bond donors (Lipinski definition) is 1. The molecule has 3 heterocycles. The standard InChI is InChI=1S/C16H19N3O2/c1-12-5-7-14(21-12)16(20)18-13-6-8-15(17-11-13)19-9-3-2-4-10-19/h5-8,11H,2-4,9-10H2,1H3,(H,18,20). The average molecular weight is 285 g/mol. The monoisotopic (exact) mass is 285 g/mol. The number of anilines is 2. The minimum Gasteiger partial charge on any atom is -0.456 e. The number of nitrogens with one attached hydrogen (secondary N) is 1. The quantitative estimate of drug-likeness (QED) is 0.940. The Labute approximate surface area is 124 Å². The van der Waals surface area contributed by atoms with Crippen LogP contribution in [-0.2, 0) is 0 Å². The van der Waals surface area contributed by atoms with Gasteiger partial charge in [0.2, 0.25) is 0 Å². The van der Waals surface area contributed by atoms with Crippen molar-refractivity contribution in [1.29, 1.82) is 0 Å². The first kappa shape index (κ1) is 13.7. The number of rotatable bonds is 3. The van der Waals surface area contributed by atoms with Gasteiger partial charge in [-0.05, 0) is 50.5 Å². The summed E-state index contributed by atoms with van der Waals surface area (Å²) in [6, 6.07) is 7.27. The van der Waals surface area contributed by atoms with Gasteiger partial charge in [0.1, 0.15) is 11.6 Å². The SMILES string of the molecule is Cc1ccc(C(=O)Nc2ccc(N3CCCCC3)nc2)o1. The number of pyridine rings is 1. The summed E-state index contributed by atoms with van der Waals surface area (Å²) >= 11 is 0. The highest BCUT2D eigenvalue weighted by Gasteiger charge is 2.13. The predicted octanol–water partition coefficient (Wildman–Crippen LogP) is 3.23. The van der Waals surface area contributed by atoms with Gasteiger partial charge in [-0.1, -0.05) is 0 Å². The van der Waals surface area contributed by atoms with Crippen molar-refractivity contribution in [2.24, 2.45) is 0 Å². The van der Waals surface area contributed by atoms with E-state index in [2.05, 4.69) is 15.2 Å². The lowest BCUT2D eigenvalue weighted by Crippen LogP contribution is -2.30. The topological polar surface area (TPSA) is 58.4 Å². The largest absolute Gasteiger partial charge is 0.456 e. The number of nitrogens with zero attached hydrogens (tertiary/aromatic N) is 2. The molecule has 0 aliphatic carbocycles. The molecule has 0 bridgehead atoms. The fourth-order valence-corrected chi connectivity index (χ4v) is 2.52. The number of aryl methyl sites for hydroxylation is 1. The van der Waals surface area contributed by atoms with Crippen molar-refractivity contribution in [3.8, 4) is 0 Å². The zero-order chi connectivity index (χ0) is 14.7. The third-order valence-corrected chi connectivity index (χ3v) is 3.65. The smallest absolute Gasteiger partial charge is 0.291 e. The van der Waals surface area contributed by atoms with Gasteiger partial charge in [0.15, 0.2) is 5.76 Å². The molecule has 2 aromatic heterocycles. The molecule has 1 saturated heterocycles. The number of piperidine rings is 1. The molecule has 0 spiro atoms. The fraction of sp³-hybridized carbons (Fsp3) is 0.375. The van der Waals surface area contributed by atoms with Gasteiger partial charge in [-0.25, -0.2) is 4.98 Å². The highest BCUT2D eigenvalue weighted by atomic mass is 16.3. The van der Waals surface area contributed by atoms with E-state index >= 15 is 0 Å². The van der Waals surface area contributed by atoms with Crippen LogP contribution in [0.1, 0.15) is 35.6 Å². The second kappa shape index (κ2) is 5.99. The molecule has 21 heavy (non-hydrogen) atoms. The summed E-state index contributed by atoms with van der Waals surface area (Å²) in [6.45, 7) is 3.93. The lowest BCUT2D eigenvalue weighted by Gasteiger charge is -2.27. The lowest BCUT2D eigenvalue weighted by atomic mass is 10.1. The van der Waals surface area contributed by atoms with Crippen molar-refractivity contribution in [2.45, 2.75) is 26.2 Å². The van der Waals surface area contributed by atoms with Gasteiger partial charge in [0, 0.05) is 13.1 Å². The molecular weight excluding hydrogens is 266 g/mol. The summed E-state index contributed by atoms with van der Waals surface area (Å²) in [7, 11) is 0. The molecule has 1 N–H and O–H groups in total. The number of aromatic nitrogens is 1. The Morgan fingerprint density at radius 3 is 2.62 bits per heavy atom. The van der Waals surface area contributed by atoms with Crippen LogP contribution in [0.25, 0.3) is 0 Å². The molecule has 1 fully saturated rings. The lowest BCUT2D eigenvalue weighted by molar-refractivity contribution is 0.0995. The Bertz CT molecular complexity index is 613. The average Bonchev–Trinajstić information content (AvgIpc) is 2.96. The molecule has 3 rings (SSSR count). The van der Waals surface area contributed by atoms with Gasteiger partial charge in [0.05, 0.1) is 11.9 Å². The highest BCUT2D eigenvalue weighted by molar-refractivity contribution is 6.02. The second-order valence-corrected chi connectivity index (χ2v) is 5.32. The van der Waals surface area contributed by atoms with E-state index in [1.807, 2.05) is 19.1 Å². The van der Waals surface area contributed by atoms with Crippen molar-refractivity contribution >= 4 is 17.4 Å². The Balaban J connectivity index is 1.65. The normalized spacial score (nSPS) is 15.0. The van der Waals surface area contributed by atoms with E-state index in [0.29, 0.717) is 11.4 Å². The molecule has 0 unspecified atom stereocenters. The van der Waals surface area contributed by atoms with Gasteiger partial charge in [0.25, 0.3) is 5.91 Å². The maximum atomic E-state index is 12.0. The summed E-state index contributed by atoms with van der Waals surface area (Å²) in [4.78, 5) is 18.7. The zero-order valence-electron chi connectivity index (χ0n) is 12.1. The van der Waals surface area contributed by atoms with E-state index < -0.39 is 0 Å². The molecule has 1 aliphatic heterocycles. The van der Waals surface area contributed by atoms with E-state index in [-0.39, 0.29) is 5.91 Å². The second-order valence-electron chi connectivity index (χ2n) is 5.32. The first-order chi connectivity index (χ1) is 10.2. The van der Waals surface area contributed by atoms with Crippen LogP contribution in [-0.4, -0.2) is 24.0 Å². The summed E-state index contributed by atoms with van der Waals surface area (Å²) < 4.78 is 5.30. The Kier molecular flexibility index (Phi) is 3.90. The van der Waals surface area contributed by atoms with Gasteiger partial charge in [-0.2, -0.15) is 0 Å². The Hall–Kier alpha value is -2.30. The maximum Gasteiger partial charge on any atom is 0.291 e. The Morgan fingerprint density at radius 2 is 2.00 bits per heavy atom. The zero-order valence-corrected chi connectivity index (χ0v) is 12.1. The highest BCUT2D eigenvalue weighted by Crippen LogP contribution is 2.19. The van der Waals surface area contributed by atoms with Crippen molar-refractivity contribution in [2.75, 3.05) is 23.3 Å². The first-order valence-corrected chi connectivity index (χ1v) is 7.31. The van der Waals surface area contributed by atoms with Gasteiger partial charge in [-0.3, -0.25) is 4.79 Å². The number of hydrogen-bond acceptors (Lipinski definition) is 4. The van der Waals surface area contributed by atoms with Crippen LogP contribution in [0, 0.1) is 6.92 Å². The van der Waals surface area contributed by atoms with Gasteiger partial charge in [-0.15, -0.1) is 0 Å². The van der Waals surface area contributed by atoms with Crippen LogP contribution in [0.15, 0.2) is 34.9 Å². The number of carbonyl (C=O) groups excluding carboxylic acids is 1. The van der Waals surface area contributed by atoms with Crippen molar-refractivity contribution in [3.05, 3.63) is 42.0 Å². The molecular formula is C16H19N3O2. The molecule has 0 radical (unpaired) electrons. The van der Waals surface area contributed by atoms with Crippen LogP contribution in [0.2, 0.25) is 0 Å². The molecule has 1 aliphatic rings. The number of amides is 1. The molecule has 0 aromatic carbocycles. The third kappa shape index (κ3) is 3.24. The molecule has 5 nitrogen and oxygen atoms in total. The van der Waals surface area contributed by atoms with E-state index in [1.165, 1.54) is 19.3 Å². The van der Waals surface area contributed by atoms with Crippen LogP contribution < -0.4 is 10.2 Å². The van der Waals surface area contributed by atoms with E-state index in [0.717, 1.165) is 24.7 Å². The molecule has 0 saturated carbocycles. The molecule has 1 amide bonds. The summed E-state index contributed by atoms with van der Waals surface area (Å²) in [6.07, 6.45) is 5.43. The molecule has 2 aromatic rings. The van der Waals surface area contributed by atoms with Crippen LogP contribution in [0.5, 0.6) is 0 Å². The number of furan rings is 1. The van der Waals surface area contributed by atoms with Crippen LogP contribution in [0.3, 0.4) is 0 Å². The molecule has 0 atom stereocenters. The van der Waals surface area contributed by atoms with Crippen molar-refractivity contribution < 1.29 is 9.21 Å². The minimum atomic E-state index is -0.254. The number of carbonyl (C=O) groups is 1. The van der Waals surface area contributed by atoms with Gasteiger partial charge < -0.3 is 14.6 Å².